The number of hydrogen-bond acceptors (Lipinski definition) is 4. The molecular weight excluding hydrogens is 380 g/mol. The van der Waals surface area contributed by atoms with E-state index in [1.165, 1.54) is 41.1 Å². The SMILES string of the molecule is O=C(COc1ccccc1F)NCCCn1nc(-c2ccc(F)cc2)ccc1=O. The van der Waals surface area contributed by atoms with E-state index in [4.69, 9.17) is 4.74 Å². The van der Waals surface area contributed by atoms with Crippen LogP contribution in [0.4, 0.5) is 8.78 Å². The monoisotopic (exact) mass is 399 g/mol. The zero-order chi connectivity index (χ0) is 20.6. The number of ether oxygens (including phenoxy) is 1. The van der Waals surface area contributed by atoms with E-state index in [1.54, 1.807) is 24.3 Å². The van der Waals surface area contributed by atoms with Crippen LogP contribution in [0, 0.1) is 11.6 Å². The van der Waals surface area contributed by atoms with Crippen molar-refractivity contribution in [2.75, 3.05) is 13.2 Å². The Kier molecular flexibility index (Phi) is 6.67. The number of carbonyl (C=O) groups is 1. The van der Waals surface area contributed by atoms with Crippen molar-refractivity contribution in [3.63, 3.8) is 0 Å². The Hall–Kier alpha value is -3.55. The molecule has 0 atom stereocenters. The molecule has 0 unspecified atom stereocenters. The molecular formula is C21H19F2N3O3. The van der Waals surface area contributed by atoms with E-state index in [2.05, 4.69) is 10.4 Å². The minimum atomic E-state index is -0.535. The Bertz CT molecular complexity index is 1040. The number of nitrogens with zero attached hydrogens (tertiary/aromatic N) is 2. The van der Waals surface area contributed by atoms with E-state index in [0.29, 0.717) is 30.8 Å². The number of nitrogens with one attached hydrogen (secondary N) is 1. The molecule has 0 fully saturated rings. The van der Waals surface area contributed by atoms with Crippen molar-refractivity contribution in [3.8, 4) is 17.0 Å². The molecule has 0 bridgehead atoms. The van der Waals surface area contributed by atoms with Crippen LogP contribution in [-0.4, -0.2) is 28.8 Å². The highest BCUT2D eigenvalue weighted by molar-refractivity contribution is 5.77. The van der Waals surface area contributed by atoms with Crippen molar-refractivity contribution in [1.29, 1.82) is 0 Å². The summed E-state index contributed by atoms with van der Waals surface area (Å²) < 4.78 is 32.9. The molecule has 1 heterocycles. The maximum absolute atomic E-state index is 13.4. The number of amides is 1. The molecule has 0 aliphatic rings. The predicted octanol–water partition coefficient (Wildman–Crippen LogP) is 2.77. The Balaban J connectivity index is 1.48. The van der Waals surface area contributed by atoms with Gasteiger partial charge in [0, 0.05) is 24.7 Å². The quantitative estimate of drug-likeness (QED) is 0.591. The third kappa shape index (κ3) is 5.71. The maximum atomic E-state index is 13.4. The van der Waals surface area contributed by atoms with Crippen LogP contribution in [0.2, 0.25) is 0 Å². The summed E-state index contributed by atoms with van der Waals surface area (Å²) in [5.74, 6) is -1.27. The fourth-order valence-corrected chi connectivity index (χ4v) is 2.60. The van der Waals surface area contributed by atoms with Gasteiger partial charge in [-0.15, -0.1) is 0 Å². The molecule has 0 saturated heterocycles. The first-order valence-corrected chi connectivity index (χ1v) is 9.01. The topological polar surface area (TPSA) is 73.2 Å². The molecule has 8 heteroatoms. The Morgan fingerprint density at radius 1 is 1.03 bits per heavy atom. The molecule has 1 aromatic heterocycles. The molecule has 0 spiro atoms. The molecule has 0 saturated carbocycles. The van der Waals surface area contributed by atoms with Gasteiger partial charge in [-0.05, 0) is 48.9 Å². The van der Waals surface area contributed by atoms with E-state index < -0.39 is 11.7 Å². The second kappa shape index (κ2) is 9.59. The average Bonchev–Trinajstić information content (AvgIpc) is 2.72. The van der Waals surface area contributed by atoms with Crippen LogP contribution in [0.3, 0.4) is 0 Å². The van der Waals surface area contributed by atoms with Gasteiger partial charge in [0.05, 0.1) is 5.69 Å². The molecule has 2 aromatic carbocycles. The van der Waals surface area contributed by atoms with Crippen LogP contribution in [0.25, 0.3) is 11.3 Å². The summed E-state index contributed by atoms with van der Waals surface area (Å²) >= 11 is 0. The zero-order valence-electron chi connectivity index (χ0n) is 15.5. The minimum absolute atomic E-state index is 0.0102. The molecule has 3 rings (SSSR count). The summed E-state index contributed by atoms with van der Waals surface area (Å²) in [6.45, 7) is 0.288. The van der Waals surface area contributed by atoms with Gasteiger partial charge in [0.2, 0.25) is 0 Å². The number of aryl methyl sites for hydroxylation is 1. The lowest BCUT2D eigenvalue weighted by Crippen LogP contribution is -2.31. The molecule has 0 radical (unpaired) electrons. The highest BCUT2D eigenvalue weighted by Gasteiger charge is 2.07. The summed E-state index contributed by atoms with van der Waals surface area (Å²) in [5, 5.41) is 6.92. The lowest BCUT2D eigenvalue weighted by molar-refractivity contribution is -0.123. The second-order valence-electron chi connectivity index (χ2n) is 6.21. The third-order valence-corrected chi connectivity index (χ3v) is 4.07. The third-order valence-electron chi connectivity index (χ3n) is 4.07. The average molecular weight is 399 g/mol. The minimum Gasteiger partial charge on any atom is -0.481 e. The van der Waals surface area contributed by atoms with Crippen LogP contribution < -0.4 is 15.6 Å². The standard InChI is InChI=1S/C21H19F2N3O3/c22-16-8-6-15(7-9-16)18-10-11-21(28)26(25-18)13-3-12-24-20(27)14-29-19-5-2-1-4-17(19)23/h1-2,4-11H,3,12-14H2,(H,24,27). The number of hydrogen-bond donors (Lipinski definition) is 1. The van der Waals surface area contributed by atoms with Gasteiger partial charge in [0.25, 0.3) is 11.5 Å². The number of halogens is 2. The second-order valence-corrected chi connectivity index (χ2v) is 6.21. The number of benzene rings is 2. The van der Waals surface area contributed by atoms with Gasteiger partial charge in [-0.1, -0.05) is 12.1 Å². The van der Waals surface area contributed by atoms with Crippen LogP contribution >= 0.6 is 0 Å². The van der Waals surface area contributed by atoms with Gasteiger partial charge in [-0.3, -0.25) is 9.59 Å². The summed E-state index contributed by atoms with van der Waals surface area (Å²) in [6, 6.07) is 14.6. The molecule has 0 aliphatic carbocycles. The van der Waals surface area contributed by atoms with Crippen LogP contribution in [0.15, 0.2) is 65.5 Å². The van der Waals surface area contributed by atoms with Gasteiger partial charge < -0.3 is 10.1 Å². The van der Waals surface area contributed by atoms with Crippen molar-refractivity contribution < 1.29 is 18.3 Å². The summed E-state index contributed by atoms with van der Waals surface area (Å²) in [4.78, 5) is 23.8. The van der Waals surface area contributed by atoms with Crippen molar-refractivity contribution >= 4 is 5.91 Å². The Labute approximate surface area is 165 Å². The molecule has 1 N–H and O–H groups in total. The van der Waals surface area contributed by atoms with E-state index >= 15 is 0 Å². The largest absolute Gasteiger partial charge is 0.481 e. The molecule has 29 heavy (non-hydrogen) atoms. The number of aromatic nitrogens is 2. The molecule has 150 valence electrons. The first kappa shape index (κ1) is 20.2. The molecule has 1 amide bonds. The fraction of sp³-hybridized carbons (Fsp3) is 0.190. The first-order valence-electron chi connectivity index (χ1n) is 9.01. The van der Waals surface area contributed by atoms with E-state index in [-0.39, 0.29) is 23.7 Å². The first-order chi connectivity index (χ1) is 14.0. The van der Waals surface area contributed by atoms with Crippen LogP contribution in [-0.2, 0) is 11.3 Å². The van der Waals surface area contributed by atoms with Crippen molar-refractivity contribution in [2.24, 2.45) is 0 Å². The number of carbonyl (C=O) groups excluding carboxylic acids is 1. The van der Waals surface area contributed by atoms with Gasteiger partial charge in [-0.2, -0.15) is 5.10 Å². The Morgan fingerprint density at radius 3 is 2.55 bits per heavy atom. The van der Waals surface area contributed by atoms with E-state index in [9.17, 15) is 18.4 Å². The summed E-state index contributed by atoms with van der Waals surface area (Å²) in [5.41, 5.74) is 0.968. The molecule has 3 aromatic rings. The highest BCUT2D eigenvalue weighted by Crippen LogP contribution is 2.16. The number of para-hydroxylation sites is 1. The highest BCUT2D eigenvalue weighted by atomic mass is 19.1. The smallest absolute Gasteiger partial charge is 0.266 e. The van der Waals surface area contributed by atoms with Gasteiger partial charge >= 0.3 is 0 Å². The molecule has 6 nitrogen and oxygen atoms in total. The van der Waals surface area contributed by atoms with Crippen LogP contribution in [0.5, 0.6) is 5.75 Å². The fourth-order valence-electron chi connectivity index (χ4n) is 2.60. The maximum Gasteiger partial charge on any atom is 0.266 e. The predicted molar refractivity (Wildman–Crippen MR) is 103 cm³/mol. The van der Waals surface area contributed by atoms with Crippen molar-refractivity contribution in [1.82, 2.24) is 15.1 Å². The van der Waals surface area contributed by atoms with Crippen molar-refractivity contribution in [2.45, 2.75) is 13.0 Å². The normalized spacial score (nSPS) is 10.6. The summed E-state index contributed by atoms with van der Waals surface area (Å²) in [7, 11) is 0. The van der Waals surface area contributed by atoms with E-state index in [0.717, 1.165) is 0 Å². The zero-order valence-corrected chi connectivity index (χ0v) is 15.5. The van der Waals surface area contributed by atoms with E-state index in [1.807, 2.05) is 0 Å². The number of rotatable bonds is 8. The van der Waals surface area contributed by atoms with Gasteiger partial charge in [0.1, 0.15) is 5.82 Å². The lowest BCUT2D eigenvalue weighted by atomic mass is 10.1. The Morgan fingerprint density at radius 2 is 1.79 bits per heavy atom. The van der Waals surface area contributed by atoms with Crippen LogP contribution in [0.1, 0.15) is 6.42 Å². The van der Waals surface area contributed by atoms with Gasteiger partial charge in [0.15, 0.2) is 18.2 Å². The lowest BCUT2D eigenvalue weighted by Gasteiger charge is -2.09. The molecule has 0 aliphatic heterocycles. The van der Waals surface area contributed by atoms with Gasteiger partial charge in [-0.25, -0.2) is 13.5 Å². The summed E-state index contributed by atoms with van der Waals surface area (Å²) in [6.07, 6.45) is 0.464. The van der Waals surface area contributed by atoms with Crippen molar-refractivity contribution in [3.05, 3.63) is 82.7 Å².